The second-order valence-electron chi connectivity index (χ2n) is 4.82. The highest BCUT2D eigenvalue weighted by atomic mass is 16.5. The summed E-state index contributed by atoms with van der Waals surface area (Å²) in [6.07, 6.45) is 0.787. The lowest BCUT2D eigenvalue weighted by Gasteiger charge is -2.15. The molecule has 0 spiro atoms. The largest absolute Gasteiger partial charge is 0.492 e. The van der Waals surface area contributed by atoms with Gasteiger partial charge in [0.2, 0.25) is 5.91 Å². The smallest absolute Gasteiger partial charge is 0.227 e. The molecule has 0 bridgehead atoms. The number of carbonyl (C=O) groups is 1. The Morgan fingerprint density at radius 1 is 1.05 bits per heavy atom. The summed E-state index contributed by atoms with van der Waals surface area (Å²) in [5, 5.41) is 2.94. The first-order valence-electron chi connectivity index (χ1n) is 7.31. The molecule has 3 nitrogen and oxygen atoms in total. The molecule has 1 N–H and O–H groups in total. The van der Waals surface area contributed by atoms with E-state index in [0.717, 1.165) is 17.7 Å². The van der Waals surface area contributed by atoms with E-state index in [1.54, 1.807) is 0 Å². The summed E-state index contributed by atoms with van der Waals surface area (Å²) in [5.74, 6) is 0.783. The number of ether oxygens (including phenoxy) is 1. The van der Waals surface area contributed by atoms with Crippen LogP contribution in [0.3, 0.4) is 0 Å². The maximum Gasteiger partial charge on any atom is 0.227 e. The SMILES string of the molecule is CC[C@H](C(=O)NCCOc1ccccc1)c1ccccc1. The molecule has 1 atom stereocenters. The van der Waals surface area contributed by atoms with Crippen molar-refractivity contribution in [1.29, 1.82) is 0 Å². The van der Waals surface area contributed by atoms with Gasteiger partial charge in [0.25, 0.3) is 0 Å². The highest BCUT2D eigenvalue weighted by Crippen LogP contribution is 2.19. The van der Waals surface area contributed by atoms with Crippen molar-refractivity contribution in [3.63, 3.8) is 0 Å². The standard InChI is InChI=1S/C18H21NO2/c1-2-17(15-9-5-3-6-10-15)18(20)19-13-14-21-16-11-7-4-8-12-16/h3-12,17H,2,13-14H2,1H3,(H,19,20)/t17-/m0/s1. The molecule has 0 aliphatic rings. The van der Waals surface area contributed by atoms with Gasteiger partial charge in [-0.25, -0.2) is 0 Å². The number of amides is 1. The number of hydrogen-bond donors (Lipinski definition) is 1. The van der Waals surface area contributed by atoms with Crippen molar-refractivity contribution < 1.29 is 9.53 Å². The summed E-state index contributed by atoms with van der Waals surface area (Å²) >= 11 is 0. The van der Waals surface area contributed by atoms with Crippen molar-refractivity contribution >= 4 is 5.91 Å². The molecule has 0 heterocycles. The number of rotatable bonds is 7. The topological polar surface area (TPSA) is 38.3 Å². The fourth-order valence-electron chi connectivity index (χ4n) is 2.24. The van der Waals surface area contributed by atoms with Crippen LogP contribution in [-0.4, -0.2) is 19.1 Å². The molecule has 0 fully saturated rings. The molecule has 3 heteroatoms. The Balaban J connectivity index is 1.78. The molecular formula is C18H21NO2. The summed E-state index contributed by atoms with van der Waals surface area (Å²) in [6, 6.07) is 19.5. The van der Waals surface area contributed by atoms with Crippen LogP contribution in [0.25, 0.3) is 0 Å². The minimum absolute atomic E-state index is 0.0559. The molecule has 1 amide bonds. The van der Waals surface area contributed by atoms with Gasteiger partial charge < -0.3 is 10.1 Å². The third-order valence-corrected chi connectivity index (χ3v) is 3.34. The second-order valence-corrected chi connectivity index (χ2v) is 4.82. The van der Waals surface area contributed by atoms with Crippen molar-refractivity contribution in [2.75, 3.05) is 13.2 Å². The number of carbonyl (C=O) groups excluding carboxylic acids is 1. The van der Waals surface area contributed by atoms with Gasteiger partial charge in [-0.05, 0) is 24.1 Å². The molecule has 21 heavy (non-hydrogen) atoms. The maximum absolute atomic E-state index is 12.2. The summed E-state index contributed by atoms with van der Waals surface area (Å²) in [4.78, 5) is 12.2. The van der Waals surface area contributed by atoms with Crippen LogP contribution in [0.4, 0.5) is 0 Å². The van der Waals surface area contributed by atoms with Gasteiger partial charge in [0.1, 0.15) is 12.4 Å². The lowest BCUT2D eigenvalue weighted by Crippen LogP contribution is -2.32. The van der Waals surface area contributed by atoms with E-state index in [-0.39, 0.29) is 11.8 Å². The number of benzene rings is 2. The molecule has 0 aliphatic heterocycles. The van der Waals surface area contributed by atoms with Crippen LogP contribution in [0, 0.1) is 0 Å². The van der Waals surface area contributed by atoms with Crippen molar-refractivity contribution in [2.45, 2.75) is 19.3 Å². The molecule has 110 valence electrons. The van der Waals surface area contributed by atoms with E-state index in [9.17, 15) is 4.79 Å². The lowest BCUT2D eigenvalue weighted by molar-refractivity contribution is -0.122. The fourth-order valence-corrected chi connectivity index (χ4v) is 2.24. The monoisotopic (exact) mass is 283 g/mol. The number of nitrogens with one attached hydrogen (secondary N) is 1. The van der Waals surface area contributed by atoms with Gasteiger partial charge in [-0.2, -0.15) is 0 Å². The van der Waals surface area contributed by atoms with Gasteiger partial charge in [0, 0.05) is 0 Å². The van der Waals surface area contributed by atoms with Crippen LogP contribution < -0.4 is 10.1 Å². The molecule has 0 aliphatic carbocycles. The average Bonchev–Trinajstić information content (AvgIpc) is 2.54. The predicted molar refractivity (Wildman–Crippen MR) is 84.4 cm³/mol. The van der Waals surface area contributed by atoms with Crippen LogP contribution in [0.2, 0.25) is 0 Å². The van der Waals surface area contributed by atoms with E-state index < -0.39 is 0 Å². The third kappa shape index (κ3) is 4.63. The van der Waals surface area contributed by atoms with Crippen LogP contribution in [0.5, 0.6) is 5.75 Å². The minimum atomic E-state index is -0.0945. The Morgan fingerprint density at radius 3 is 2.29 bits per heavy atom. The predicted octanol–water partition coefficient (Wildman–Crippen LogP) is 3.38. The van der Waals surface area contributed by atoms with Gasteiger partial charge in [-0.1, -0.05) is 55.5 Å². The zero-order chi connectivity index (χ0) is 14.9. The Kier molecular flexibility index (Phi) is 5.83. The quantitative estimate of drug-likeness (QED) is 0.791. The Bertz CT molecular complexity index is 540. The Labute approximate surface area is 126 Å². The van der Waals surface area contributed by atoms with E-state index >= 15 is 0 Å². The van der Waals surface area contributed by atoms with Crippen LogP contribution >= 0.6 is 0 Å². The normalized spacial score (nSPS) is 11.7. The third-order valence-electron chi connectivity index (χ3n) is 3.34. The lowest BCUT2D eigenvalue weighted by atomic mass is 9.96. The van der Waals surface area contributed by atoms with Gasteiger partial charge >= 0.3 is 0 Å². The van der Waals surface area contributed by atoms with E-state index in [1.807, 2.05) is 67.6 Å². The van der Waals surface area contributed by atoms with Crippen LogP contribution in [0.15, 0.2) is 60.7 Å². The Morgan fingerprint density at radius 2 is 1.67 bits per heavy atom. The molecule has 0 radical (unpaired) electrons. The summed E-state index contributed by atoms with van der Waals surface area (Å²) in [6.45, 7) is 3.01. The highest BCUT2D eigenvalue weighted by Gasteiger charge is 2.17. The van der Waals surface area contributed by atoms with Gasteiger partial charge in [0.05, 0.1) is 12.5 Å². The molecule has 0 saturated heterocycles. The van der Waals surface area contributed by atoms with Crippen LogP contribution in [-0.2, 0) is 4.79 Å². The first-order valence-corrected chi connectivity index (χ1v) is 7.31. The van der Waals surface area contributed by atoms with E-state index in [0.29, 0.717) is 13.2 Å². The second kappa shape index (κ2) is 8.10. The molecule has 0 unspecified atom stereocenters. The Hall–Kier alpha value is -2.29. The number of hydrogen-bond acceptors (Lipinski definition) is 2. The van der Waals surface area contributed by atoms with Gasteiger partial charge in [0.15, 0.2) is 0 Å². The number of para-hydroxylation sites is 1. The first-order chi connectivity index (χ1) is 10.3. The zero-order valence-corrected chi connectivity index (χ0v) is 12.3. The van der Waals surface area contributed by atoms with E-state index in [2.05, 4.69) is 5.32 Å². The molecular weight excluding hydrogens is 262 g/mol. The minimum Gasteiger partial charge on any atom is -0.492 e. The summed E-state index contributed by atoms with van der Waals surface area (Å²) < 4.78 is 5.56. The molecule has 2 aromatic carbocycles. The van der Waals surface area contributed by atoms with Crippen molar-refractivity contribution in [3.05, 3.63) is 66.2 Å². The summed E-state index contributed by atoms with van der Waals surface area (Å²) in [5.41, 5.74) is 1.06. The summed E-state index contributed by atoms with van der Waals surface area (Å²) in [7, 11) is 0. The highest BCUT2D eigenvalue weighted by molar-refractivity contribution is 5.83. The molecule has 2 rings (SSSR count). The van der Waals surface area contributed by atoms with Crippen molar-refractivity contribution in [1.82, 2.24) is 5.32 Å². The van der Waals surface area contributed by atoms with Crippen molar-refractivity contribution in [3.8, 4) is 5.75 Å². The maximum atomic E-state index is 12.2. The van der Waals surface area contributed by atoms with Gasteiger partial charge in [-0.15, -0.1) is 0 Å². The van der Waals surface area contributed by atoms with Crippen LogP contribution in [0.1, 0.15) is 24.8 Å². The molecule has 0 aromatic heterocycles. The zero-order valence-electron chi connectivity index (χ0n) is 12.3. The average molecular weight is 283 g/mol. The van der Waals surface area contributed by atoms with Gasteiger partial charge in [-0.3, -0.25) is 4.79 Å². The van der Waals surface area contributed by atoms with E-state index in [1.165, 1.54) is 0 Å². The van der Waals surface area contributed by atoms with E-state index in [4.69, 9.17) is 4.74 Å². The molecule has 2 aromatic rings. The van der Waals surface area contributed by atoms with Crippen molar-refractivity contribution in [2.24, 2.45) is 0 Å². The first kappa shape index (κ1) is 15.1. The molecule has 0 saturated carbocycles. The fraction of sp³-hybridized carbons (Fsp3) is 0.278.